The molecule has 94 valence electrons. The van der Waals surface area contributed by atoms with Crippen molar-refractivity contribution in [2.75, 3.05) is 6.61 Å². The summed E-state index contributed by atoms with van der Waals surface area (Å²) in [5, 5.41) is 18.3. The molecule has 0 bridgehead atoms. The van der Waals surface area contributed by atoms with Gasteiger partial charge >= 0.3 is 0 Å². The summed E-state index contributed by atoms with van der Waals surface area (Å²) in [6.07, 6.45) is 1.30. The van der Waals surface area contributed by atoms with E-state index in [9.17, 15) is 5.11 Å². The Labute approximate surface area is 115 Å². The lowest BCUT2D eigenvalue weighted by atomic mass is 9.96. The van der Waals surface area contributed by atoms with E-state index >= 15 is 0 Å². The zero-order valence-electron chi connectivity index (χ0n) is 9.50. The van der Waals surface area contributed by atoms with Gasteiger partial charge in [-0.1, -0.05) is 22.0 Å². The quantitative estimate of drug-likeness (QED) is 0.650. The Kier molecular flexibility index (Phi) is 4.58. The van der Waals surface area contributed by atoms with Crippen molar-refractivity contribution in [2.24, 2.45) is 0 Å². The van der Waals surface area contributed by atoms with Crippen LogP contribution in [-0.2, 0) is 16.8 Å². The van der Waals surface area contributed by atoms with Gasteiger partial charge in [-0.25, -0.2) is 0 Å². The predicted molar refractivity (Wildman–Crippen MR) is 73.0 cm³/mol. The lowest BCUT2D eigenvalue weighted by Crippen LogP contribution is -2.34. The SMILES string of the molecule is CCOC(=N)C1(O)CCc2cc(Br)ccc21.Cl. The van der Waals surface area contributed by atoms with Crippen LogP contribution in [0.2, 0.25) is 0 Å². The number of halogens is 2. The number of fused-ring (bicyclic) bond motifs is 1. The Hall–Kier alpha value is -0.580. The normalized spacial score (nSPS) is 21.6. The molecule has 1 aromatic rings. The van der Waals surface area contributed by atoms with Gasteiger partial charge in [0.15, 0.2) is 5.60 Å². The molecule has 0 aliphatic heterocycles. The van der Waals surface area contributed by atoms with Crippen molar-refractivity contribution in [1.29, 1.82) is 5.41 Å². The summed E-state index contributed by atoms with van der Waals surface area (Å²) in [5.74, 6) is -0.0453. The first-order chi connectivity index (χ1) is 7.58. The first-order valence-electron chi connectivity index (χ1n) is 5.31. The molecular formula is C12H15BrClNO2. The van der Waals surface area contributed by atoms with Crippen LogP contribution in [0.1, 0.15) is 24.5 Å². The Bertz CT molecular complexity index is 439. The molecule has 1 aliphatic rings. The highest BCUT2D eigenvalue weighted by atomic mass is 79.9. The van der Waals surface area contributed by atoms with Gasteiger partial charge in [-0.15, -0.1) is 12.4 Å². The highest BCUT2D eigenvalue weighted by molar-refractivity contribution is 9.10. The average molecular weight is 321 g/mol. The molecule has 0 fully saturated rings. The van der Waals surface area contributed by atoms with E-state index in [4.69, 9.17) is 10.1 Å². The van der Waals surface area contributed by atoms with Crippen LogP contribution >= 0.6 is 28.3 Å². The Morgan fingerprint density at radius 2 is 2.29 bits per heavy atom. The Morgan fingerprint density at radius 3 is 2.94 bits per heavy atom. The lowest BCUT2D eigenvalue weighted by molar-refractivity contribution is 0.0782. The smallest absolute Gasteiger partial charge is 0.218 e. The van der Waals surface area contributed by atoms with Gasteiger partial charge < -0.3 is 9.84 Å². The van der Waals surface area contributed by atoms with Crippen molar-refractivity contribution in [1.82, 2.24) is 0 Å². The highest BCUT2D eigenvalue weighted by Crippen LogP contribution is 2.39. The van der Waals surface area contributed by atoms with Crippen molar-refractivity contribution in [3.05, 3.63) is 33.8 Å². The van der Waals surface area contributed by atoms with Crippen molar-refractivity contribution in [3.63, 3.8) is 0 Å². The number of ether oxygens (including phenoxy) is 1. The van der Waals surface area contributed by atoms with Crippen molar-refractivity contribution in [3.8, 4) is 0 Å². The fourth-order valence-electron chi connectivity index (χ4n) is 2.12. The largest absolute Gasteiger partial charge is 0.479 e. The molecule has 0 heterocycles. The minimum atomic E-state index is -1.23. The van der Waals surface area contributed by atoms with E-state index in [0.717, 1.165) is 22.0 Å². The predicted octanol–water partition coefficient (Wildman–Crippen LogP) is 3.02. The second-order valence-corrected chi connectivity index (χ2v) is 4.84. The number of nitrogens with one attached hydrogen (secondary N) is 1. The fourth-order valence-corrected chi connectivity index (χ4v) is 2.53. The Balaban J connectivity index is 0.00000144. The molecule has 1 aromatic carbocycles. The maximum absolute atomic E-state index is 10.5. The molecular weight excluding hydrogens is 305 g/mol. The number of aryl methyl sites for hydroxylation is 1. The third-order valence-corrected chi connectivity index (χ3v) is 3.43. The van der Waals surface area contributed by atoms with Crippen LogP contribution < -0.4 is 0 Å². The molecule has 1 atom stereocenters. The van der Waals surface area contributed by atoms with E-state index in [1.165, 1.54) is 0 Å². The summed E-state index contributed by atoms with van der Waals surface area (Å²) in [6, 6.07) is 5.74. The highest BCUT2D eigenvalue weighted by Gasteiger charge is 2.42. The molecule has 17 heavy (non-hydrogen) atoms. The molecule has 1 aliphatic carbocycles. The van der Waals surface area contributed by atoms with Gasteiger partial charge in [0.1, 0.15) is 0 Å². The van der Waals surface area contributed by atoms with Crippen molar-refractivity contribution in [2.45, 2.75) is 25.4 Å². The number of benzene rings is 1. The van der Waals surface area contributed by atoms with Crippen molar-refractivity contribution >= 4 is 34.2 Å². The molecule has 0 spiro atoms. The summed E-state index contributed by atoms with van der Waals surface area (Å²) in [4.78, 5) is 0. The van der Waals surface area contributed by atoms with Gasteiger partial charge in [0.05, 0.1) is 6.61 Å². The average Bonchev–Trinajstić information content (AvgIpc) is 2.58. The molecule has 0 saturated carbocycles. The third kappa shape index (κ3) is 2.49. The molecule has 5 heteroatoms. The maximum Gasteiger partial charge on any atom is 0.218 e. The van der Waals surface area contributed by atoms with Gasteiger partial charge in [0, 0.05) is 4.47 Å². The lowest BCUT2D eigenvalue weighted by Gasteiger charge is -2.24. The van der Waals surface area contributed by atoms with E-state index < -0.39 is 5.60 Å². The van der Waals surface area contributed by atoms with E-state index in [0.29, 0.717) is 13.0 Å². The standard InChI is InChI=1S/C12H14BrNO2.ClH/c1-2-16-11(14)12(15)6-5-8-7-9(13)3-4-10(8)12;/h3-4,7,14-15H,2,5-6H2,1H3;1H. The number of hydrogen-bond acceptors (Lipinski definition) is 3. The molecule has 0 saturated heterocycles. The first-order valence-corrected chi connectivity index (χ1v) is 6.10. The topological polar surface area (TPSA) is 53.3 Å². The molecule has 2 rings (SSSR count). The van der Waals surface area contributed by atoms with Crippen LogP contribution in [0.3, 0.4) is 0 Å². The van der Waals surface area contributed by atoms with Gasteiger partial charge in [0.25, 0.3) is 0 Å². The fraction of sp³-hybridized carbons (Fsp3) is 0.417. The van der Waals surface area contributed by atoms with Crippen LogP contribution in [0, 0.1) is 5.41 Å². The Morgan fingerprint density at radius 1 is 1.59 bits per heavy atom. The van der Waals surface area contributed by atoms with Crippen molar-refractivity contribution < 1.29 is 9.84 Å². The molecule has 3 nitrogen and oxygen atoms in total. The number of aliphatic hydroxyl groups is 1. The molecule has 0 radical (unpaired) electrons. The monoisotopic (exact) mass is 319 g/mol. The van der Waals surface area contributed by atoms with Gasteiger partial charge in [-0.2, -0.15) is 0 Å². The summed E-state index contributed by atoms with van der Waals surface area (Å²) < 4.78 is 6.14. The second kappa shape index (κ2) is 5.38. The van der Waals surface area contributed by atoms with Crippen LogP contribution in [0.25, 0.3) is 0 Å². The zero-order chi connectivity index (χ0) is 11.8. The van der Waals surface area contributed by atoms with Gasteiger partial charge in [-0.05, 0) is 43.0 Å². The third-order valence-electron chi connectivity index (χ3n) is 2.93. The number of hydrogen-bond donors (Lipinski definition) is 2. The molecule has 2 N–H and O–H groups in total. The first kappa shape index (κ1) is 14.5. The molecule has 0 amide bonds. The van der Waals surface area contributed by atoms with Crippen LogP contribution in [-0.4, -0.2) is 17.6 Å². The summed E-state index contributed by atoms with van der Waals surface area (Å²) >= 11 is 3.40. The summed E-state index contributed by atoms with van der Waals surface area (Å²) in [6.45, 7) is 2.22. The van der Waals surface area contributed by atoms with E-state index in [-0.39, 0.29) is 18.3 Å². The second-order valence-electron chi connectivity index (χ2n) is 3.92. The van der Waals surface area contributed by atoms with Gasteiger partial charge in [0.2, 0.25) is 5.90 Å². The van der Waals surface area contributed by atoms with E-state index in [1.54, 1.807) is 0 Å². The van der Waals surface area contributed by atoms with Crippen LogP contribution in [0.5, 0.6) is 0 Å². The van der Waals surface area contributed by atoms with Gasteiger partial charge in [-0.3, -0.25) is 5.41 Å². The molecule has 1 unspecified atom stereocenters. The summed E-state index contributed by atoms with van der Waals surface area (Å²) in [5.41, 5.74) is 0.655. The van der Waals surface area contributed by atoms with Crippen LogP contribution in [0.4, 0.5) is 0 Å². The minimum absolute atomic E-state index is 0. The number of rotatable bonds is 2. The van der Waals surface area contributed by atoms with Crippen LogP contribution in [0.15, 0.2) is 22.7 Å². The van der Waals surface area contributed by atoms with E-state index in [2.05, 4.69) is 15.9 Å². The summed E-state index contributed by atoms with van der Waals surface area (Å²) in [7, 11) is 0. The zero-order valence-corrected chi connectivity index (χ0v) is 11.9. The minimum Gasteiger partial charge on any atom is -0.479 e. The van der Waals surface area contributed by atoms with E-state index in [1.807, 2.05) is 25.1 Å². The maximum atomic E-state index is 10.5. The molecule has 0 aromatic heterocycles.